The van der Waals surface area contributed by atoms with Crippen molar-refractivity contribution in [3.63, 3.8) is 0 Å². The molecule has 2 N–H and O–H groups in total. The van der Waals surface area contributed by atoms with Gasteiger partial charge in [-0.3, -0.25) is 9.59 Å². The maximum Gasteiger partial charge on any atom is 0.291 e. The molecule has 1 fully saturated rings. The van der Waals surface area contributed by atoms with Crippen LogP contribution in [-0.2, 0) is 0 Å². The Morgan fingerprint density at radius 2 is 1.74 bits per heavy atom. The number of anilines is 1. The van der Waals surface area contributed by atoms with Gasteiger partial charge in [-0.25, -0.2) is 0 Å². The predicted molar refractivity (Wildman–Crippen MR) is 108 cm³/mol. The van der Waals surface area contributed by atoms with Crippen molar-refractivity contribution >= 4 is 33.4 Å². The Balaban J connectivity index is 1.52. The number of rotatable bonds is 5. The first-order valence-electron chi connectivity index (χ1n) is 9.14. The van der Waals surface area contributed by atoms with E-state index in [1.165, 1.54) is 0 Å². The smallest absolute Gasteiger partial charge is 0.291 e. The molecule has 2 amide bonds. The standard InChI is InChI=1S/C20H24BrN3O3/c1-13(2)24-11-9-16(10-12-24)22-19(25)14-3-5-15(6-4-14)23-20(26)17-7-8-18(21)27-17/h3-8,13,16H,9-12H2,1-2H3,(H,22,25)(H,23,26). The van der Waals surface area contributed by atoms with Crippen molar-refractivity contribution in [3.05, 3.63) is 52.4 Å². The van der Waals surface area contributed by atoms with Crippen molar-refractivity contribution in [2.24, 2.45) is 0 Å². The molecule has 1 aliphatic heterocycles. The topological polar surface area (TPSA) is 74.6 Å². The van der Waals surface area contributed by atoms with Crippen LogP contribution in [0.3, 0.4) is 0 Å². The maximum atomic E-state index is 12.5. The van der Waals surface area contributed by atoms with Gasteiger partial charge in [0, 0.05) is 36.4 Å². The van der Waals surface area contributed by atoms with Crippen molar-refractivity contribution in [1.82, 2.24) is 10.2 Å². The first kappa shape index (κ1) is 19.6. The average molecular weight is 434 g/mol. The highest BCUT2D eigenvalue weighted by molar-refractivity contribution is 9.10. The van der Waals surface area contributed by atoms with Gasteiger partial charge < -0.3 is 20.0 Å². The van der Waals surface area contributed by atoms with E-state index in [1.807, 2.05) is 0 Å². The summed E-state index contributed by atoms with van der Waals surface area (Å²) in [6, 6.07) is 10.9. The van der Waals surface area contributed by atoms with Gasteiger partial charge in [-0.1, -0.05) is 0 Å². The number of hydrogen-bond donors (Lipinski definition) is 2. The minimum atomic E-state index is -0.338. The number of nitrogens with zero attached hydrogens (tertiary/aromatic N) is 1. The fourth-order valence-electron chi connectivity index (χ4n) is 3.16. The van der Waals surface area contributed by atoms with Gasteiger partial charge in [-0.2, -0.15) is 0 Å². The molecule has 27 heavy (non-hydrogen) atoms. The molecular formula is C20H24BrN3O3. The van der Waals surface area contributed by atoms with Crippen LogP contribution in [0.4, 0.5) is 5.69 Å². The summed E-state index contributed by atoms with van der Waals surface area (Å²) in [7, 11) is 0. The minimum Gasteiger partial charge on any atom is -0.444 e. The Kier molecular flexibility index (Phi) is 6.34. The molecule has 7 heteroatoms. The lowest BCUT2D eigenvalue weighted by atomic mass is 10.0. The van der Waals surface area contributed by atoms with Gasteiger partial charge in [0.15, 0.2) is 10.4 Å². The fraction of sp³-hybridized carbons (Fsp3) is 0.400. The van der Waals surface area contributed by atoms with Crippen molar-refractivity contribution in [2.45, 2.75) is 38.8 Å². The number of carbonyl (C=O) groups is 2. The van der Waals surface area contributed by atoms with E-state index < -0.39 is 0 Å². The normalized spacial score (nSPS) is 15.7. The van der Waals surface area contributed by atoms with Gasteiger partial charge in [0.1, 0.15) is 0 Å². The van der Waals surface area contributed by atoms with Crippen LogP contribution in [-0.4, -0.2) is 41.9 Å². The maximum absolute atomic E-state index is 12.5. The summed E-state index contributed by atoms with van der Waals surface area (Å²) in [5.41, 5.74) is 1.19. The lowest BCUT2D eigenvalue weighted by molar-refractivity contribution is 0.0900. The van der Waals surface area contributed by atoms with Gasteiger partial charge in [0.25, 0.3) is 11.8 Å². The molecule has 1 aliphatic rings. The van der Waals surface area contributed by atoms with Crippen LogP contribution >= 0.6 is 15.9 Å². The number of furan rings is 1. The molecular weight excluding hydrogens is 410 g/mol. The molecule has 144 valence electrons. The average Bonchev–Trinajstić information content (AvgIpc) is 3.09. The third-order valence-corrected chi connectivity index (χ3v) is 5.22. The number of piperidine rings is 1. The number of carbonyl (C=O) groups excluding carboxylic acids is 2. The highest BCUT2D eigenvalue weighted by Crippen LogP contribution is 2.17. The molecule has 3 rings (SSSR count). The summed E-state index contributed by atoms with van der Waals surface area (Å²) in [5.74, 6) is -0.197. The van der Waals surface area contributed by atoms with Crippen LogP contribution in [0.15, 0.2) is 45.5 Å². The van der Waals surface area contributed by atoms with E-state index in [1.54, 1.807) is 36.4 Å². The summed E-state index contributed by atoms with van der Waals surface area (Å²) in [5, 5.41) is 5.85. The van der Waals surface area contributed by atoms with E-state index in [-0.39, 0.29) is 23.6 Å². The zero-order valence-electron chi connectivity index (χ0n) is 15.5. The van der Waals surface area contributed by atoms with Gasteiger partial charge in [-0.15, -0.1) is 0 Å². The summed E-state index contributed by atoms with van der Waals surface area (Å²) in [6.45, 7) is 6.42. The second-order valence-corrected chi connectivity index (χ2v) is 7.79. The quantitative estimate of drug-likeness (QED) is 0.749. The number of likely N-dealkylation sites (tertiary alicyclic amines) is 1. The third-order valence-electron chi connectivity index (χ3n) is 4.80. The lowest BCUT2D eigenvalue weighted by Crippen LogP contribution is -2.46. The first-order valence-corrected chi connectivity index (χ1v) is 9.93. The molecule has 0 aliphatic carbocycles. The molecule has 1 saturated heterocycles. The molecule has 0 radical (unpaired) electrons. The van der Waals surface area contributed by atoms with Crippen LogP contribution in [0, 0.1) is 0 Å². The SMILES string of the molecule is CC(C)N1CCC(NC(=O)c2ccc(NC(=O)c3ccc(Br)o3)cc2)CC1. The molecule has 1 aromatic carbocycles. The van der Waals surface area contributed by atoms with Crippen molar-refractivity contribution in [3.8, 4) is 0 Å². The van der Waals surface area contributed by atoms with Gasteiger partial charge >= 0.3 is 0 Å². The zero-order valence-corrected chi connectivity index (χ0v) is 17.1. The molecule has 0 saturated carbocycles. The van der Waals surface area contributed by atoms with Gasteiger partial charge in [0.2, 0.25) is 0 Å². The number of benzene rings is 1. The Labute approximate surface area is 167 Å². The highest BCUT2D eigenvalue weighted by atomic mass is 79.9. The lowest BCUT2D eigenvalue weighted by Gasteiger charge is -2.34. The zero-order chi connectivity index (χ0) is 19.4. The van der Waals surface area contributed by atoms with E-state index in [2.05, 4.69) is 45.3 Å². The van der Waals surface area contributed by atoms with Crippen LogP contribution in [0.1, 0.15) is 47.6 Å². The number of hydrogen-bond acceptors (Lipinski definition) is 4. The van der Waals surface area contributed by atoms with E-state index in [9.17, 15) is 9.59 Å². The number of amides is 2. The van der Waals surface area contributed by atoms with Crippen LogP contribution in [0.25, 0.3) is 0 Å². The summed E-state index contributed by atoms with van der Waals surface area (Å²) < 4.78 is 5.72. The van der Waals surface area contributed by atoms with E-state index in [0.717, 1.165) is 25.9 Å². The van der Waals surface area contributed by atoms with Crippen LogP contribution in [0.2, 0.25) is 0 Å². The van der Waals surface area contributed by atoms with Gasteiger partial charge in [-0.05, 0) is 79.0 Å². The molecule has 0 unspecified atom stereocenters. The van der Waals surface area contributed by atoms with Crippen molar-refractivity contribution < 1.29 is 14.0 Å². The Morgan fingerprint density at radius 1 is 1.07 bits per heavy atom. The van der Waals surface area contributed by atoms with E-state index >= 15 is 0 Å². The molecule has 1 aromatic heterocycles. The largest absolute Gasteiger partial charge is 0.444 e. The number of nitrogens with one attached hydrogen (secondary N) is 2. The van der Waals surface area contributed by atoms with Gasteiger partial charge in [0.05, 0.1) is 0 Å². The summed E-state index contributed by atoms with van der Waals surface area (Å²) in [4.78, 5) is 27.0. The first-order chi connectivity index (χ1) is 12.9. The number of halogens is 1. The van der Waals surface area contributed by atoms with Crippen molar-refractivity contribution in [1.29, 1.82) is 0 Å². The Bertz CT molecular complexity index is 793. The molecule has 6 nitrogen and oxygen atoms in total. The second-order valence-electron chi connectivity index (χ2n) is 7.01. The van der Waals surface area contributed by atoms with Crippen LogP contribution in [0.5, 0.6) is 0 Å². The van der Waals surface area contributed by atoms with Crippen LogP contribution < -0.4 is 10.6 Å². The summed E-state index contributed by atoms with van der Waals surface area (Å²) in [6.07, 6.45) is 1.94. The van der Waals surface area contributed by atoms with Crippen molar-refractivity contribution in [2.75, 3.05) is 18.4 Å². The predicted octanol–water partition coefficient (Wildman–Crippen LogP) is 3.90. The fourth-order valence-corrected chi connectivity index (χ4v) is 3.47. The molecule has 0 bridgehead atoms. The minimum absolute atomic E-state index is 0.0779. The van der Waals surface area contributed by atoms with E-state index in [0.29, 0.717) is 22.0 Å². The summed E-state index contributed by atoms with van der Waals surface area (Å²) >= 11 is 3.17. The third kappa shape index (κ3) is 5.20. The molecule has 0 atom stereocenters. The molecule has 0 spiro atoms. The Hall–Kier alpha value is -2.12. The highest BCUT2D eigenvalue weighted by Gasteiger charge is 2.22. The second kappa shape index (κ2) is 8.71. The molecule has 2 heterocycles. The molecule has 2 aromatic rings. The van der Waals surface area contributed by atoms with E-state index in [4.69, 9.17) is 4.42 Å². The Morgan fingerprint density at radius 3 is 2.30 bits per heavy atom. The monoisotopic (exact) mass is 433 g/mol.